The highest BCUT2D eigenvalue weighted by molar-refractivity contribution is 5.15. The molecule has 1 aromatic heterocycles. The molecule has 0 unspecified atom stereocenters. The second kappa shape index (κ2) is 6.37. The number of fused-ring (bicyclic) bond motifs is 2. The molecule has 3 aliphatic heterocycles. The highest BCUT2D eigenvalue weighted by atomic mass is 16.3. The van der Waals surface area contributed by atoms with Crippen molar-refractivity contribution >= 4 is 0 Å². The van der Waals surface area contributed by atoms with Gasteiger partial charge in [-0.05, 0) is 24.0 Å². The third kappa shape index (κ3) is 3.10. The van der Waals surface area contributed by atoms with Crippen LogP contribution in [0.3, 0.4) is 0 Å². The van der Waals surface area contributed by atoms with Gasteiger partial charge < -0.3 is 5.11 Å². The van der Waals surface area contributed by atoms with Gasteiger partial charge in [-0.25, -0.2) is 0 Å². The van der Waals surface area contributed by atoms with Crippen molar-refractivity contribution in [3.05, 3.63) is 30.1 Å². The number of hydrogen-bond donors (Lipinski definition) is 1. The van der Waals surface area contributed by atoms with Crippen molar-refractivity contribution in [2.75, 3.05) is 39.3 Å². The maximum absolute atomic E-state index is 10.2. The quantitative estimate of drug-likeness (QED) is 0.894. The van der Waals surface area contributed by atoms with Crippen molar-refractivity contribution in [1.29, 1.82) is 0 Å². The van der Waals surface area contributed by atoms with E-state index >= 15 is 0 Å². The molecular weight excluding hydrogens is 300 g/mol. The molecule has 0 saturated carbocycles. The summed E-state index contributed by atoms with van der Waals surface area (Å²) < 4.78 is 0. The van der Waals surface area contributed by atoms with E-state index in [1.807, 2.05) is 18.5 Å². The van der Waals surface area contributed by atoms with E-state index in [0.29, 0.717) is 6.04 Å². The van der Waals surface area contributed by atoms with Crippen molar-refractivity contribution in [3.8, 4) is 0 Å². The first kappa shape index (κ1) is 16.5. The maximum atomic E-state index is 10.2. The Morgan fingerprint density at radius 3 is 2.75 bits per heavy atom. The van der Waals surface area contributed by atoms with Crippen LogP contribution in [0.25, 0.3) is 0 Å². The summed E-state index contributed by atoms with van der Waals surface area (Å²) in [4.78, 5) is 12.1. The molecule has 3 aliphatic rings. The monoisotopic (exact) mass is 330 g/mol. The van der Waals surface area contributed by atoms with Crippen LogP contribution < -0.4 is 0 Å². The van der Waals surface area contributed by atoms with Crippen molar-refractivity contribution < 1.29 is 5.11 Å². The highest BCUT2D eigenvalue weighted by Gasteiger charge is 2.55. The zero-order valence-electron chi connectivity index (χ0n) is 14.9. The average Bonchev–Trinajstić information content (AvgIpc) is 2.87. The molecule has 24 heavy (non-hydrogen) atoms. The van der Waals surface area contributed by atoms with E-state index in [-0.39, 0.29) is 11.6 Å². The Morgan fingerprint density at radius 1 is 1.25 bits per heavy atom. The topological polar surface area (TPSA) is 42.8 Å². The zero-order valence-corrected chi connectivity index (χ0v) is 14.9. The minimum atomic E-state index is -0.149. The fraction of sp³-hybridized carbons (Fsp3) is 0.737. The average molecular weight is 330 g/mol. The molecule has 3 fully saturated rings. The van der Waals surface area contributed by atoms with Gasteiger partial charge in [0.15, 0.2) is 0 Å². The SMILES string of the molecule is CC(C)CN1CC2(CN(Cc3cccnc3)C[C@H]3C[C@@H](O)CN32)C1. The first-order valence-electron chi connectivity index (χ1n) is 9.32. The number of likely N-dealkylation sites (tertiary alicyclic amines) is 1. The number of aliphatic hydroxyl groups is 1. The predicted octanol–water partition coefficient (Wildman–Crippen LogP) is 1.04. The zero-order chi connectivity index (χ0) is 16.7. The number of aliphatic hydroxyl groups excluding tert-OH is 1. The first-order chi connectivity index (χ1) is 11.5. The van der Waals surface area contributed by atoms with Crippen LogP contribution in [-0.4, -0.2) is 81.7 Å². The fourth-order valence-corrected chi connectivity index (χ4v) is 5.10. The summed E-state index contributed by atoms with van der Waals surface area (Å²) in [5.74, 6) is 0.720. The minimum absolute atomic E-state index is 0.149. The normalized spacial score (nSPS) is 30.7. The Kier molecular flexibility index (Phi) is 4.37. The molecule has 4 rings (SSSR count). The van der Waals surface area contributed by atoms with Gasteiger partial charge in [-0.1, -0.05) is 19.9 Å². The fourth-order valence-electron chi connectivity index (χ4n) is 5.10. The Bertz CT molecular complexity index is 558. The highest BCUT2D eigenvalue weighted by Crippen LogP contribution is 2.39. The number of β-amino-alcohol motifs (C(OH)–C–C–N with tert-alkyl or cyclic N) is 1. The summed E-state index contributed by atoms with van der Waals surface area (Å²) in [5.41, 5.74) is 1.54. The molecule has 0 aliphatic carbocycles. The van der Waals surface area contributed by atoms with E-state index in [4.69, 9.17) is 0 Å². The lowest BCUT2D eigenvalue weighted by Crippen LogP contribution is -2.78. The lowest BCUT2D eigenvalue weighted by molar-refractivity contribution is -0.117. The Labute approximate surface area is 145 Å². The Hall–Kier alpha value is -1.01. The van der Waals surface area contributed by atoms with Crippen LogP contribution in [-0.2, 0) is 6.54 Å². The van der Waals surface area contributed by atoms with Crippen LogP contribution in [0.2, 0.25) is 0 Å². The molecule has 0 bridgehead atoms. The molecule has 3 saturated heterocycles. The molecule has 132 valence electrons. The van der Waals surface area contributed by atoms with Crippen molar-refractivity contribution in [2.24, 2.45) is 5.92 Å². The molecular formula is C19H30N4O. The summed E-state index contributed by atoms with van der Waals surface area (Å²) in [7, 11) is 0. The number of pyridine rings is 1. The molecule has 1 spiro atoms. The number of nitrogens with zero attached hydrogens (tertiary/aromatic N) is 4. The smallest absolute Gasteiger partial charge is 0.0682 e. The second-order valence-corrected chi connectivity index (χ2v) is 8.51. The van der Waals surface area contributed by atoms with E-state index in [2.05, 4.69) is 39.6 Å². The van der Waals surface area contributed by atoms with Gasteiger partial charge >= 0.3 is 0 Å². The summed E-state index contributed by atoms with van der Waals surface area (Å²) in [6.07, 6.45) is 4.60. The van der Waals surface area contributed by atoms with Gasteiger partial charge in [-0.2, -0.15) is 0 Å². The van der Waals surface area contributed by atoms with Crippen LogP contribution in [0.4, 0.5) is 0 Å². The third-order valence-corrected chi connectivity index (χ3v) is 5.78. The van der Waals surface area contributed by atoms with Gasteiger partial charge in [0.1, 0.15) is 0 Å². The molecule has 5 nitrogen and oxygen atoms in total. The lowest BCUT2D eigenvalue weighted by Gasteiger charge is -2.61. The molecule has 1 N–H and O–H groups in total. The van der Waals surface area contributed by atoms with E-state index in [0.717, 1.165) is 51.6 Å². The molecule has 2 atom stereocenters. The number of piperazine rings is 1. The molecule has 4 heterocycles. The van der Waals surface area contributed by atoms with E-state index in [1.54, 1.807) is 0 Å². The minimum Gasteiger partial charge on any atom is -0.392 e. The van der Waals surface area contributed by atoms with Gasteiger partial charge in [0, 0.05) is 64.2 Å². The third-order valence-electron chi connectivity index (χ3n) is 5.78. The van der Waals surface area contributed by atoms with Crippen molar-refractivity contribution in [1.82, 2.24) is 19.7 Å². The second-order valence-electron chi connectivity index (χ2n) is 8.51. The van der Waals surface area contributed by atoms with Gasteiger partial charge in [0.25, 0.3) is 0 Å². The van der Waals surface area contributed by atoms with Crippen LogP contribution in [0, 0.1) is 5.92 Å². The number of rotatable bonds is 4. The molecule has 0 amide bonds. The summed E-state index contributed by atoms with van der Waals surface area (Å²) in [6, 6.07) is 4.70. The van der Waals surface area contributed by atoms with Crippen LogP contribution >= 0.6 is 0 Å². The van der Waals surface area contributed by atoms with Gasteiger partial charge in [-0.3, -0.25) is 19.7 Å². The number of hydrogen-bond acceptors (Lipinski definition) is 5. The number of aromatic nitrogens is 1. The van der Waals surface area contributed by atoms with E-state index < -0.39 is 0 Å². The summed E-state index contributed by atoms with van der Waals surface area (Å²) in [5, 5.41) is 10.2. The molecule has 5 heteroatoms. The lowest BCUT2D eigenvalue weighted by atomic mass is 9.83. The Morgan fingerprint density at radius 2 is 2.04 bits per heavy atom. The van der Waals surface area contributed by atoms with Crippen molar-refractivity contribution in [3.63, 3.8) is 0 Å². The van der Waals surface area contributed by atoms with E-state index in [9.17, 15) is 5.11 Å². The van der Waals surface area contributed by atoms with Crippen LogP contribution in [0.1, 0.15) is 25.8 Å². The van der Waals surface area contributed by atoms with Crippen molar-refractivity contribution in [2.45, 2.75) is 44.5 Å². The summed E-state index contributed by atoms with van der Waals surface area (Å²) in [6.45, 7) is 12.1. The molecule has 0 aromatic carbocycles. The largest absolute Gasteiger partial charge is 0.392 e. The predicted molar refractivity (Wildman–Crippen MR) is 94.6 cm³/mol. The summed E-state index contributed by atoms with van der Waals surface area (Å²) >= 11 is 0. The van der Waals surface area contributed by atoms with Crippen LogP contribution in [0.15, 0.2) is 24.5 Å². The molecule has 1 aromatic rings. The standard InChI is InChI=1S/C19H30N4O/c1-15(2)8-22-13-19(14-22)12-21(9-16-4-3-5-20-7-16)10-17-6-18(24)11-23(17)19/h3-5,7,15,17-18,24H,6,8-14H2,1-2H3/t17-,18-/m1/s1. The Balaban J connectivity index is 1.47. The maximum Gasteiger partial charge on any atom is 0.0682 e. The van der Waals surface area contributed by atoms with Crippen LogP contribution in [0.5, 0.6) is 0 Å². The molecule has 0 radical (unpaired) electrons. The van der Waals surface area contributed by atoms with Gasteiger partial charge in [0.05, 0.1) is 11.6 Å². The van der Waals surface area contributed by atoms with E-state index in [1.165, 1.54) is 12.1 Å². The first-order valence-corrected chi connectivity index (χ1v) is 9.32. The van der Waals surface area contributed by atoms with Gasteiger partial charge in [-0.15, -0.1) is 0 Å². The van der Waals surface area contributed by atoms with Gasteiger partial charge in [0.2, 0.25) is 0 Å².